The van der Waals surface area contributed by atoms with Crippen LogP contribution >= 0.6 is 11.3 Å². The van der Waals surface area contributed by atoms with Gasteiger partial charge in [-0.15, -0.1) is 11.3 Å². The predicted molar refractivity (Wildman–Crippen MR) is 117 cm³/mol. The van der Waals surface area contributed by atoms with E-state index in [-0.39, 0.29) is 29.5 Å². The number of aromatic nitrogens is 1. The van der Waals surface area contributed by atoms with E-state index >= 15 is 0 Å². The quantitative estimate of drug-likeness (QED) is 0.722. The lowest BCUT2D eigenvalue weighted by atomic mass is 9.96. The van der Waals surface area contributed by atoms with Gasteiger partial charge in [-0.1, -0.05) is 12.1 Å². The van der Waals surface area contributed by atoms with Crippen LogP contribution in [-0.2, 0) is 14.6 Å². The number of carbonyl (C=O) groups is 1. The van der Waals surface area contributed by atoms with Gasteiger partial charge in [0.15, 0.2) is 9.84 Å². The maximum atomic E-state index is 13.1. The Hall–Kier alpha value is -1.51. The second-order valence-corrected chi connectivity index (χ2v) is 11.5. The van der Waals surface area contributed by atoms with Crippen LogP contribution < -0.4 is 0 Å². The lowest BCUT2D eigenvalue weighted by molar-refractivity contribution is -0.138. The minimum Gasteiger partial charge on any atom is -0.338 e. The first-order chi connectivity index (χ1) is 13.9. The van der Waals surface area contributed by atoms with E-state index in [4.69, 9.17) is 4.98 Å². The number of likely N-dealkylation sites (tertiary alicyclic amines) is 1. The van der Waals surface area contributed by atoms with Crippen LogP contribution in [0.3, 0.4) is 0 Å². The molecular formula is C21H29N3O3S2. The van der Waals surface area contributed by atoms with Crippen molar-refractivity contribution in [3.05, 3.63) is 29.3 Å². The monoisotopic (exact) mass is 435 g/mol. The molecule has 158 valence electrons. The highest BCUT2D eigenvalue weighted by Crippen LogP contribution is 2.34. The van der Waals surface area contributed by atoms with Crippen molar-refractivity contribution in [1.82, 2.24) is 14.8 Å². The van der Waals surface area contributed by atoms with Crippen LogP contribution in [0.4, 0.5) is 0 Å². The summed E-state index contributed by atoms with van der Waals surface area (Å²) >= 11 is 1.78. The molecule has 29 heavy (non-hydrogen) atoms. The number of benzene rings is 1. The van der Waals surface area contributed by atoms with Gasteiger partial charge >= 0.3 is 0 Å². The Bertz CT molecular complexity index is 947. The number of likely N-dealkylation sites (N-methyl/N-ethyl adjacent to an activating group) is 1. The molecule has 3 heterocycles. The molecule has 0 N–H and O–H groups in total. The largest absolute Gasteiger partial charge is 0.338 e. The number of hydrogen-bond acceptors (Lipinski definition) is 6. The summed E-state index contributed by atoms with van der Waals surface area (Å²) in [6.07, 6.45) is 2.57. The van der Waals surface area contributed by atoms with Crippen LogP contribution in [0.2, 0.25) is 0 Å². The fourth-order valence-electron chi connectivity index (χ4n) is 4.61. The molecule has 0 radical (unpaired) electrons. The van der Waals surface area contributed by atoms with Gasteiger partial charge in [-0.2, -0.15) is 0 Å². The normalized spacial score (nSPS) is 24.0. The van der Waals surface area contributed by atoms with Crippen molar-refractivity contribution in [3.8, 4) is 0 Å². The van der Waals surface area contributed by atoms with E-state index in [1.165, 1.54) is 9.71 Å². The number of piperidine rings is 1. The summed E-state index contributed by atoms with van der Waals surface area (Å²) < 4.78 is 24.9. The number of thiazole rings is 1. The molecule has 0 saturated carbocycles. The highest BCUT2D eigenvalue weighted by molar-refractivity contribution is 7.91. The summed E-state index contributed by atoms with van der Waals surface area (Å²) in [5, 5.41) is 1.20. The van der Waals surface area contributed by atoms with Gasteiger partial charge in [-0.05, 0) is 58.3 Å². The van der Waals surface area contributed by atoms with Crippen LogP contribution in [0.25, 0.3) is 10.2 Å². The minimum atomic E-state index is -3.00. The third-order valence-corrected chi connectivity index (χ3v) is 9.32. The van der Waals surface area contributed by atoms with E-state index in [0.29, 0.717) is 18.9 Å². The molecule has 2 aliphatic rings. The van der Waals surface area contributed by atoms with Crippen molar-refractivity contribution in [2.75, 3.05) is 31.1 Å². The average Bonchev–Trinajstić information content (AvgIpc) is 3.31. The standard InChI is InChI=1S/C21H29N3O3S2/c1-3-24(17-10-13-29(26,27)14-17)21(25)15(2)23-11-8-16(9-12-23)20-22-18-6-4-5-7-19(18)28-20/h4-7,15-17H,3,8-14H2,1-2H3/t15-,17-/m0/s1. The Labute approximate surface area is 176 Å². The highest BCUT2D eigenvalue weighted by Gasteiger charge is 2.37. The number of nitrogens with zero attached hydrogens (tertiary/aromatic N) is 3. The molecule has 0 aliphatic carbocycles. The van der Waals surface area contributed by atoms with Gasteiger partial charge in [-0.3, -0.25) is 9.69 Å². The smallest absolute Gasteiger partial charge is 0.239 e. The molecule has 1 aromatic carbocycles. The van der Waals surface area contributed by atoms with Crippen LogP contribution in [-0.4, -0.2) is 72.3 Å². The van der Waals surface area contributed by atoms with E-state index in [0.717, 1.165) is 31.4 Å². The van der Waals surface area contributed by atoms with Crippen LogP contribution in [0.1, 0.15) is 44.0 Å². The van der Waals surface area contributed by atoms with Gasteiger partial charge in [0.25, 0.3) is 0 Å². The molecule has 1 aromatic heterocycles. The summed E-state index contributed by atoms with van der Waals surface area (Å²) in [6, 6.07) is 7.88. The molecule has 6 nitrogen and oxygen atoms in total. The SMILES string of the molecule is CCN(C(=O)[C@H](C)N1CCC(c2nc3ccccc3s2)CC1)[C@H]1CCS(=O)(=O)C1. The Morgan fingerprint density at radius 2 is 2.00 bits per heavy atom. The lowest BCUT2D eigenvalue weighted by Crippen LogP contribution is -2.52. The minimum absolute atomic E-state index is 0.0630. The molecule has 2 atom stereocenters. The first kappa shape index (κ1) is 20.8. The van der Waals surface area contributed by atoms with E-state index < -0.39 is 9.84 Å². The van der Waals surface area contributed by atoms with Gasteiger partial charge in [-0.25, -0.2) is 13.4 Å². The van der Waals surface area contributed by atoms with Crippen molar-refractivity contribution in [3.63, 3.8) is 0 Å². The number of carbonyl (C=O) groups excluding carboxylic acids is 1. The first-order valence-electron chi connectivity index (χ1n) is 10.5. The summed E-state index contributed by atoms with van der Waals surface area (Å²) in [5.74, 6) is 0.823. The lowest BCUT2D eigenvalue weighted by Gasteiger charge is -2.38. The molecule has 2 saturated heterocycles. The van der Waals surface area contributed by atoms with Crippen LogP contribution in [0.5, 0.6) is 0 Å². The number of fused-ring (bicyclic) bond motifs is 1. The zero-order valence-corrected chi connectivity index (χ0v) is 18.7. The van der Waals surface area contributed by atoms with Crippen LogP contribution in [0, 0.1) is 0 Å². The van der Waals surface area contributed by atoms with Gasteiger partial charge in [0.1, 0.15) is 0 Å². The van der Waals surface area contributed by atoms with Gasteiger partial charge in [0.05, 0.1) is 32.8 Å². The Morgan fingerprint density at radius 1 is 1.28 bits per heavy atom. The summed E-state index contributed by atoms with van der Waals surface area (Å²) in [6.45, 7) is 6.20. The Balaban J connectivity index is 1.37. The first-order valence-corrected chi connectivity index (χ1v) is 13.1. The molecule has 4 rings (SSSR count). The molecule has 2 fully saturated rings. The van der Waals surface area contributed by atoms with E-state index in [1.54, 1.807) is 16.2 Å². The zero-order chi connectivity index (χ0) is 20.6. The Morgan fingerprint density at radius 3 is 2.62 bits per heavy atom. The van der Waals surface area contributed by atoms with Gasteiger partial charge in [0.2, 0.25) is 5.91 Å². The fraction of sp³-hybridized carbons (Fsp3) is 0.619. The highest BCUT2D eigenvalue weighted by atomic mass is 32.2. The second kappa shape index (κ2) is 8.32. The van der Waals surface area contributed by atoms with E-state index in [2.05, 4.69) is 23.1 Å². The van der Waals surface area contributed by atoms with Gasteiger partial charge in [0, 0.05) is 18.5 Å². The van der Waals surface area contributed by atoms with Gasteiger partial charge < -0.3 is 4.90 Å². The zero-order valence-electron chi connectivity index (χ0n) is 17.1. The molecule has 2 aliphatic heterocycles. The molecular weight excluding hydrogens is 406 g/mol. The maximum Gasteiger partial charge on any atom is 0.239 e. The molecule has 0 unspecified atom stereocenters. The topological polar surface area (TPSA) is 70.6 Å². The Kier molecular flexibility index (Phi) is 5.95. The number of amides is 1. The fourth-order valence-corrected chi connectivity index (χ4v) is 7.48. The molecule has 2 aromatic rings. The van der Waals surface area contributed by atoms with Crippen molar-refractivity contribution >= 4 is 37.3 Å². The average molecular weight is 436 g/mol. The maximum absolute atomic E-state index is 13.1. The third-order valence-electron chi connectivity index (χ3n) is 6.37. The number of para-hydroxylation sites is 1. The second-order valence-electron chi connectivity index (χ2n) is 8.19. The molecule has 1 amide bonds. The summed E-state index contributed by atoms with van der Waals surface area (Å²) in [5.41, 5.74) is 1.07. The van der Waals surface area contributed by atoms with E-state index in [1.807, 2.05) is 19.9 Å². The number of rotatable bonds is 5. The van der Waals surface area contributed by atoms with Crippen molar-refractivity contribution in [2.24, 2.45) is 0 Å². The predicted octanol–water partition coefficient (Wildman–Crippen LogP) is 2.90. The molecule has 0 bridgehead atoms. The number of sulfone groups is 1. The summed E-state index contributed by atoms with van der Waals surface area (Å²) in [4.78, 5) is 22.0. The van der Waals surface area contributed by atoms with Crippen molar-refractivity contribution in [1.29, 1.82) is 0 Å². The third kappa shape index (κ3) is 4.34. The van der Waals surface area contributed by atoms with Crippen LogP contribution in [0.15, 0.2) is 24.3 Å². The van der Waals surface area contributed by atoms with E-state index in [9.17, 15) is 13.2 Å². The van der Waals surface area contributed by atoms with Crippen molar-refractivity contribution < 1.29 is 13.2 Å². The molecule has 8 heteroatoms. The molecule has 0 spiro atoms. The number of hydrogen-bond donors (Lipinski definition) is 0. The summed E-state index contributed by atoms with van der Waals surface area (Å²) in [7, 11) is -3.00. The van der Waals surface area contributed by atoms with Crippen molar-refractivity contribution in [2.45, 2.75) is 51.1 Å².